The summed E-state index contributed by atoms with van der Waals surface area (Å²) in [5, 5.41) is 11.4. The highest BCUT2D eigenvalue weighted by Gasteiger charge is 2.05. The molecule has 0 aliphatic heterocycles. The number of aliphatic hydroxyl groups is 1. The zero-order chi connectivity index (χ0) is 12.3. The van der Waals surface area contributed by atoms with E-state index in [9.17, 15) is 0 Å². The number of rotatable bonds is 4. The van der Waals surface area contributed by atoms with Gasteiger partial charge < -0.3 is 9.84 Å². The maximum atomic E-state index is 8.96. The summed E-state index contributed by atoms with van der Waals surface area (Å²) >= 11 is 0. The lowest BCUT2D eigenvalue weighted by Gasteiger charge is -2.11. The third kappa shape index (κ3) is 2.59. The van der Waals surface area contributed by atoms with Crippen LogP contribution in [0.15, 0.2) is 36.4 Å². The molecule has 0 fully saturated rings. The average Bonchev–Trinajstić information content (AvgIpc) is 2.37. The van der Waals surface area contributed by atoms with Crippen molar-refractivity contribution in [2.45, 2.75) is 19.3 Å². The SMILES string of the molecule is COc1ccc2cc([C@H](C)CCO)ccc2c1. The Labute approximate surface area is 102 Å². The van der Waals surface area contributed by atoms with Crippen molar-refractivity contribution in [3.8, 4) is 5.75 Å². The van der Waals surface area contributed by atoms with E-state index in [2.05, 4.69) is 31.2 Å². The summed E-state index contributed by atoms with van der Waals surface area (Å²) in [4.78, 5) is 0. The van der Waals surface area contributed by atoms with E-state index in [4.69, 9.17) is 9.84 Å². The maximum absolute atomic E-state index is 8.96. The molecule has 0 radical (unpaired) electrons. The van der Waals surface area contributed by atoms with Gasteiger partial charge in [0, 0.05) is 6.61 Å². The van der Waals surface area contributed by atoms with E-state index in [0.717, 1.165) is 12.2 Å². The second-order valence-corrected chi connectivity index (χ2v) is 4.39. The molecule has 1 atom stereocenters. The van der Waals surface area contributed by atoms with Crippen LogP contribution in [0, 0.1) is 0 Å². The second-order valence-electron chi connectivity index (χ2n) is 4.39. The molecule has 0 amide bonds. The van der Waals surface area contributed by atoms with Gasteiger partial charge in [0.2, 0.25) is 0 Å². The largest absolute Gasteiger partial charge is 0.497 e. The summed E-state index contributed by atoms with van der Waals surface area (Å²) < 4.78 is 5.21. The fourth-order valence-electron chi connectivity index (χ4n) is 2.04. The molecule has 0 saturated heterocycles. The molecule has 2 aromatic rings. The van der Waals surface area contributed by atoms with Crippen molar-refractivity contribution in [1.29, 1.82) is 0 Å². The Morgan fingerprint density at radius 1 is 1.12 bits per heavy atom. The Kier molecular flexibility index (Phi) is 3.64. The molecule has 0 spiro atoms. The molecule has 2 nitrogen and oxygen atoms in total. The van der Waals surface area contributed by atoms with Crippen LogP contribution in [0.5, 0.6) is 5.75 Å². The molecule has 90 valence electrons. The molecule has 0 heterocycles. The molecule has 2 heteroatoms. The minimum Gasteiger partial charge on any atom is -0.497 e. The van der Waals surface area contributed by atoms with E-state index in [0.29, 0.717) is 5.92 Å². The lowest BCUT2D eigenvalue weighted by Crippen LogP contribution is -1.96. The first kappa shape index (κ1) is 11.9. The van der Waals surface area contributed by atoms with Gasteiger partial charge in [-0.05, 0) is 40.8 Å². The molecule has 0 unspecified atom stereocenters. The first-order chi connectivity index (χ1) is 8.24. The van der Waals surface area contributed by atoms with Gasteiger partial charge in [0.05, 0.1) is 7.11 Å². The van der Waals surface area contributed by atoms with Gasteiger partial charge in [-0.2, -0.15) is 0 Å². The molecule has 0 bridgehead atoms. The Morgan fingerprint density at radius 2 is 1.82 bits per heavy atom. The van der Waals surface area contributed by atoms with Gasteiger partial charge in [0.15, 0.2) is 0 Å². The zero-order valence-corrected chi connectivity index (χ0v) is 10.3. The van der Waals surface area contributed by atoms with Gasteiger partial charge >= 0.3 is 0 Å². The molecule has 0 aromatic heterocycles. The van der Waals surface area contributed by atoms with Gasteiger partial charge in [-0.25, -0.2) is 0 Å². The summed E-state index contributed by atoms with van der Waals surface area (Å²) in [5.74, 6) is 1.28. The van der Waals surface area contributed by atoms with Crippen LogP contribution in [0.1, 0.15) is 24.8 Å². The lowest BCUT2D eigenvalue weighted by molar-refractivity contribution is 0.278. The number of benzene rings is 2. The predicted octanol–water partition coefficient (Wildman–Crippen LogP) is 3.33. The second kappa shape index (κ2) is 5.19. The Bertz CT molecular complexity index is 505. The van der Waals surface area contributed by atoms with Gasteiger partial charge in [0.1, 0.15) is 5.75 Å². The van der Waals surface area contributed by atoms with Gasteiger partial charge in [-0.3, -0.25) is 0 Å². The number of fused-ring (bicyclic) bond motifs is 1. The molecule has 2 aromatic carbocycles. The van der Waals surface area contributed by atoms with Crippen LogP contribution in [-0.4, -0.2) is 18.8 Å². The predicted molar refractivity (Wildman–Crippen MR) is 70.6 cm³/mol. The van der Waals surface area contributed by atoms with Crippen LogP contribution >= 0.6 is 0 Å². The highest BCUT2D eigenvalue weighted by molar-refractivity contribution is 5.84. The van der Waals surface area contributed by atoms with Gasteiger partial charge in [-0.15, -0.1) is 0 Å². The molecule has 2 rings (SSSR count). The molecular formula is C15H18O2. The van der Waals surface area contributed by atoms with Crippen LogP contribution < -0.4 is 4.74 Å². The summed E-state index contributed by atoms with van der Waals surface area (Å²) in [6.45, 7) is 2.38. The van der Waals surface area contributed by atoms with Crippen LogP contribution in [0.3, 0.4) is 0 Å². The third-order valence-corrected chi connectivity index (χ3v) is 3.20. The summed E-state index contributed by atoms with van der Waals surface area (Å²) in [5.41, 5.74) is 1.27. The monoisotopic (exact) mass is 230 g/mol. The number of methoxy groups -OCH3 is 1. The molecular weight excluding hydrogens is 212 g/mol. The normalized spacial score (nSPS) is 12.6. The van der Waals surface area contributed by atoms with Gasteiger partial charge in [0.25, 0.3) is 0 Å². The van der Waals surface area contributed by atoms with E-state index in [1.165, 1.54) is 16.3 Å². The smallest absolute Gasteiger partial charge is 0.119 e. The highest BCUT2D eigenvalue weighted by atomic mass is 16.5. The highest BCUT2D eigenvalue weighted by Crippen LogP contribution is 2.26. The maximum Gasteiger partial charge on any atom is 0.119 e. The van der Waals surface area contributed by atoms with Crippen molar-refractivity contribution in [1.82, 2.24) is 0 Å². The van der Waals surface area contributed by atoms with Crippen molar-refractivity contribution >= 4 is 10.8 Å². The van der Waals surface area contributed by atoms with Crippen molar-refractivity contribution < 1.29 is 9.84 Å². The molecule has 0 aliphatic carbocycles. The summed E-state index contributed by atoms with van der Waals surface area (Å²) in [6.07, 6.45) is 0.807. The Balaban J connectivity index is 2.37. The van der Waals surface area contributed by atoms with E-state index >= 15 is 0 Å². The molecule has 17 heavy (non-hydrogen) atoms. The Hall–Kier alpha value is -1.54. The van der Waals surface area contributed by atoms with Crippen molar-refractivity contribution in [3.05, 3.63) is 42.0 Å². The fraction of sp³-hybridized carbons (Fsp3) is 0.333. The molecule has 1 N–H and O–H groups in total. The first-order valence-corrected chi connectivity index (χ1v) is 5.93. The molecule has 0 aliphatic rings. The number of hydrogen-bond acceptors (Lipinski definition) is 2. The van der Waals surface area contributed by atoms with Crippen molar-refractivity contribution in [2.75, 3.05) is 13.7 Å². The van der Waals surface area contributed by atoms with Crippen molar-refractivity contribution in [3.63, 3.8) is 0 Å². The van der Waals surface area contributed by atoms with Crippen LogP contribution in [-0.2, 0) is 0 Å². The topological polar surface area (TPSA) is 29.5 Å². The van der Waals surface area contributed by atoms with Crippen LogP contribution in [0.4, 0.5) is 0 Å². The zero-order valence-electron chi connectivity index (χ0n) is 10.3. The number of ether oxygens (including phenoxy) is 1. The quantitative estimate of drug-likeness (QED) is 0.873. The third-order valence-electron chi connectivity index (χ3n) is 3.20. The minimum atomic E-state index is 0.238. The van der Waals surface area contributed by atoms with E-state index in [1.54, 1.807) is 7.11 Å². The minimum absolute atomic E-state index is 0.238. The lowest BCUT2D eigenvalue weighted by atomic mass is 9.95. The van der Waals surface area contributed by atoms with Crippen molar-refractivity contribution in [2.24, 2.45) is 0 Å². The van der Waals surface area contributed by atoms with E-state index < -0.39 is 0 Å². The number of aliphatic hydroxyl groups excluding tert-OH is 1. The van der Waals surface area contributed by atoms with Crippen LogP contribution in [0.25, 0.3) is 10.8 Å². The first-order valence-electron chi connectivity index (χ1n) is 5.93. The van der Waals surface area contributed by atoms with E-state index in [1.807, 2.05) is 12.1 Å². The standard InChI is InChI=1S/C15H18O2/c1-11(7-8-16)12-3-4-14-10-15(17-2)6-5-13(14)9-12/h3-6,9-11,16H,7-8H2,1-2H3/t11-/m1/s1. The van der Waals surface area contributed by atoms with Gasteiger partial charge in [-0.1, -0.05) is 31.2 Å². The molecule has 0 saturated carbocycles. The van der Waals surface area contributed by atoms with E-state index in [-0.39, 0.29) is 6.61 Å². The summed E-state index contributed by atoms with van der Waals surface area (Å²) in [6, 6.07) is 12.5. The Morgan fingerprint density at radius 3 is 2.53 bits per heavy atom. The fourth-order valence-corrected chi connectivity index (χ4v) is 2.04. The summed E-state index contributed by atoms with van der Waals surface area (Å²) in [7, 11) is 1.68. The van der Waals surface area contributed by atoms with Crippen LogP contribution in [0.2, 0.25) is 0 Å². The number of hydrogen-bond donors (Lipinski definition) is 1. The average molecular weight is 230 g/mol.